The van der Waals surface area contributed by atoms with Gasteiger partial charge in [-0.15, -0.1) is 6.58 Å². The largest absolute Gasteiger partial charge is 0.334 e. The molecular weight excluding hydrogens is 411 g/mol. The number of benzene rings is 2. The van der Waals surface area contributed by atoms with Gasteiger partial charge in [-0.3, -0.25) is 9.78 Å². The van der Waals surface area contributed by atoms with Crippen molar-refractivity contribution < 1.29 is 9.59 Å². The second-order valence-electron chi connectivity index (χ2n) is 6.19. The Balaban J connectivity index is 1.98. The van der Waals surface area contributed by atoms with E-state index >= 15 is 0 Å². The third-order valence-corrected chi connectivity index (χ3v) is 4.80. The number of pyridine rings is 1. The highest BCUT2D eigenvalue weighted by Crippen LogP contribution is 2.31. The molecule has 0 saturated heterocycles. The zero-order chi connectivity index (χ0) is 21.0. The number of anilines is 2. The van der Waals surface area contributed by atoms with E-state index in [9.17, 15) is 9.59 Å². The lowest BCUT2D eigenvalue weighted by atomic mass is 10.1. The number of nitrogens with zero attached hydrogens (tertiary/aromatic N) is 1. The summed E-state index contributed by atoms with van der Waals surface area (Å²) in [5.74, 6) is -0.450. The summed E-state index contributed by atoms with van der Waals surface area (Å²) in [7, 11) is 0. The normalized spacial score (nSPS) is 10.4. The third-order valence-electron chi connectivity index (χ3n) is 4.17. The summed E-state index contributed by atoms with van der Waals surface area (Å²) in [5, 5.41) is 9.48. The number of nitrogens with one attached hydrogen (secondary N) is 3. The molecular formula is C21H18Cl2N4O2. The molecule has 8 heteroatoms. The van der Waals surface area contributed by atoms with Crippen molar-refractivity contribution in [3.05, 3.63) is 76.4 Å². The van der Waals surface area contributed by atoms with Crippen molar-refractivity contribution in [1.29, 1.82) is 0 Å². The first kappa shape index (κ1) is 20.6. The number of urea groups is 1. The lowest BCUT2D eigenvalue weighted by Gasteiger charge is -2.15. The highest BCUT2D eigenvalue weighted by atomic mass is 35.5. The maximum Gasteiger partial charge on any atom is 0.319 e. The minimum absolute atomic E-state index is 0.182. The van der Waals surface area contributed by atoms with Crippen molar-refractivity contribution in [3.8, 4) is 0 Å². The number of halogens is 2. The molecule has 29 heavy (non-hydrogen) atoms. The number of rotatable bonds is 5. The maximum absolute atomic E-state index is 12.8. The molecule has 0 bridgehead atoms. The maximum atomic E-state index is 12.8. The van der Waals surface area contributed by atoms with Gasteiger partial charge in [0.1, 0.15) is 0 Å². The summed E-state index contributed by atoms with van der Waals surface area (Å²) in [4.78, 5) is 29.3. The van der Waals surface area contributed by atoms with Crippen LogP contribution in [-0.4, -0.2) is 23.5 Å². The number of para-hydroxylation sites is 1. The Kier molecular flexibility index (Phi) is 6.36. The first-order valence-corrected chi connectivity index (χ1v) is 9.47. The number of hydrogen-bond donors (Lipinski definition) is 3. The van der Waals surface area contributed by atoms with Gasteiger partial charge in [0.05, 0.1) is 32.5 Å². The molecule has 0 unspecified atom stereocenters. The summed E-state index contributed by atoms with van der Waals surface area (Å²) in [6.07, 6.45) is 3.22. The molecule has 3 rings (SSSR count). The Morgan fingerprint density at radius 1 is 1.10 bits per heavy atom. The van der Waals surface area contributed by atoms with E-state index in [0.717, 1.165) is 5.56 Å². The van der Waals surface area contributed by atoms with Crippen molar-refractivity contribution in [2.75, 3.05) is 17.2 Å². The standard InChI is InChI=1S/C21H18Cl2N4O2/c1-3-10-24-21(29)27-18-12(2)11-25-19-13(18)6-4-9-16(19)26-20(28)17-14(22)7-5-8-15(17)23/h3-9,11H,1,10H2,2H3,(H,26,28)(H2,24,25,27,29). The molecule has 0 atom stereocenters. The fourth-order valence-electron chi connectivity index (χ4n) is 2.81. The van der Waals surface area contributed by atoms with E-state index in [4.69, 9.17) is 23.2 Å². The van der Waals surface area contributed by atoms with Gasteiger partial charge in [0.15, 0.2) is 0 Å². The van der Waals surface area contributed by atoms with Crippen molar-refractivity contribution in [2.24, 2.45) is 0 Å². The number of amides is 3. The molecule has 2 aromatic carbocycles. The third kappa shape index (κ3) is 4.50. The van der Waals surface area contributed by atoms with Gasteiger partial charge in [0.2, 0.25) is 0 Å². The lowest BCUT2D eigenvalue weighted by molar-refractivity contribution is 0.102. The zero-order valence-electron chi connectivity index (χ0n) is 15.6. The number of aromatic nitrogens is 1. The molecule has 3 aromatic rings. The van der Waals surface area contributed by atoms with Crippen LogP contribution in [0.15, 0.2) is 55.3 Å². The Bertz CT molecular complexity index is 1100. The minimum atomic E-state index is -0.450. The topological polar surface area (TPSA) is 83.1 Å². The van der Waals surface area contributed by atoms with Gasteiger partial charge in [0, 0.05) is 18.1 Å². The molecule has 0 radical (unpaired) electrons. The van der Waals surface area contributed by atoms with Crippen molar-refractivity contribution >= 4 is 57.4 Å². The lowest BCUT2D eigenvalue weighted by Crippen LogP contribution is -2.29. The molecule has 0 aliphatic heterocycles. The van der Waals surface area contributed by atoms with E-state index in [2.05, 4.69) is 27.5 Å². The van der Waals surface area contributed by atoms with Crippen LogP contribution in [0.3, 0.4) is 0 Å². The van der Waals surface area contributed by atoms with Crippen LogP contribution >= 0.6 is 23.2 Å². The molecule has 3 amide bonds. The summed E-state index contributed by atoms with van der Waals surface area (Å²) in [6, 6.07) is 9.79. The summed E-state index contributed by atoms with van der Waals surface area (Å²) >= 11 is 12.3. The van der Waals surface area contributed by atoms with Crippen molar-refractivity contribution in [3.63, 3.8) is 0 Å². The van der Waals surface area contributed by atoms with Gasteiger partial charge in [-0.25, -0.2) is 4.79 Å². The number of aryl methyl sites for hydroxylation is 1. The first-order valence-electron chi connectivity index (χ1n) is 8.71. The summed E-state index contributed by atoms with van der Waals surface area (Å²) in [6.45, 7) is 5.75. The van der Waals surface area contributed by atoms with Crippen LogP contribution in [0.25, 0.3) is 10.9 Å². The highest BCUT2D eigenvalue weighted by molar-refractivity contribution is 6.40. The Morgan fingerprint density at radius 2 is 1.79 bits per heavy atom. The van der Waals surface area contributed by atoms with Gasteiger partial charge in [-0.2, -0.15) is 0 Å². The van der Waals surface area contributed by atoms with Crippen molar-refractivity contribution in [2.45, 2.75) is 6.92 Å². The Labute approximate surface area is 177 Å². The minimum Gasteiger partial charge on any atom is -0.334 e. The zero-order valence-corrected chi connectivity index (χ0v) is 17.1. The van der Waals surface area contributed by atoms with Gasteiger partial charge >= 0.3 is 6.03 Å². The van der Waals surface area contributed by atoms with Crippen LogP contribution in [0.5, 0.6) is 0 Å². The Hall–Kier alpha value is -3.09. The molecule has 1 heterocycles. The van der Waals surface area contributed by atoms with Gasteiger partial charge < -0.3 is 16.0 Å². The number of carbonyl (C=O) groups excluding carboxylic acids is 2. The number of fused-ring (bicyclic) bond motifs is 1. The number of hydrogen-bond acceptors (Lipinski definition) is 3. The molecule has 0 aliphatic carbocycles. The van der Waals surface area contributed by atoms with Gasteiger partial charge in [-0.05, 0) is 30.7 Å². The fraction of sp³-hybridized carbons (Fsp3) is 0.0952. The molecule has 0 aliphatic rings. The smallest absolute Gasteiger partial charge is 0.319 e. The van der Waals surface area contributed by atoms with E-state index in [1.807, 2.05) is 13.0 Å². The second kappa shape index (κ2) is 8.94. The molecule has 0 fully saturated rings. The van der Waals surface area contributed by atoms with Crippen LogP contribution in [0, 0.1) is 6.92 Å². The molecule has 6 nitrogen and oxygen atoms in total. The molecule has 0 spiro atoms. The van der Waals surface area contributed by atoms with E-state index in [-0.39, 0.29) is 21.6 Å². The van der Waals surface area contributed by atoms with Crippen LogP contribution in [0.2, 0.25) is 10.0 Å². The average molecular weight is 429 g/mol. The van der Waals surface area contributed by atoms with E-state index in [1.165, 1.54) is 0 Å². The average Bonchev–Trinajstić information content (AvgIpc) is 2.68. The second-order valence-corrected chi connectivity index (χ2v) is 7.01. The van der Waals surface area contributed by atoms with Gasteiger partial charge in [0.25, 0.3) is 5.91 Å². The van der Waals surface area contributed by atoms with E-state index in [0.29, 0.717) is 28.8 Å². The van der Waals surface area contributed by atoms with Crippen LogP contribution in [0.4, 0.5) is 16.2 Å². The van der Waals surface area contributed by atoms with E-state index in [1.54, 1.807) is 42.6 Å². The molecule has 1 aromatic heterocycles. The van der Waals surface area contributed by atoms with Gasteiger partial charge in [-0.1, -0.05) is 47.5 Å². The van der Waals surface area contributed by atoms with Crippen LogP contribution in [-0.2, 0) is 0 Å². The monoisotopic (exact) mass is 428 g/mol. The summed E-state index contributed by atoms with van der Waals surface area (Å²) in [5.41, 5.74) is 2.56. The predicted octanol–water partition coefficient (Wildman–Crippen LogP) is 5.41. The van der Waals surface area contributed by atoms with Crippen LogP contribution in [0.1, 0.15) is 15.9 Å². The quantitative estimate of drug-likeness (QED) is 0.475. The summed E-state index contributed by atoms with van der Waals surface area (Å²) < 4.78 is 0. The molecule has 3 N–H and O–H groups in total. The van der Waals surface area contributed by atoms with Crippen molar-refractivity contribution in [1.82, 2.24) is 10.3 Å². The fourth-order valence-corrected chi connectivity index (χ4v) is 3.38. The van der Waals surface area contributed by atoms with Crippen LogP contribution < -0.4 is 16.0 Å². The first-order chi connectivity index (χ1) is 13.9. The highest BCUT2D eigenvalue weighted by Gasteiger charge is 2.17. The molecule has 0 saturated carbocycles. The SMILES string of the molecule is C=CCNC(=O)Nc1c(C)cnc2c(NC(=O)c3c(Cl)cccc3Cl)cccc12. The van der Waals surface area contributed by atoms with E-state index < -0.39 is 5.91 Å². The molecule has 148 valence electrons. The Morgan fingerprint density at radius 3 is 2.48 bits per heavy atom. The predicted molar refractivity (Wildman–Crippen MR) is 118 cm³/mol. The number of carbonyl (C=O) groups is 2.